The second-order valence-electron chi connectivity index (χ2n) is 6.53. The average molecular weight is 344 g/mol. The maximum absolute atomic E-state index is 15.2. The van der Waals surface area contributed by atoms with Crippen molar-refractivity contribution in [2.75, 3.05) is 0 Å². The van der Waals surface area contributed by atoms with E-state index in [2.05, 4.69) is 0 Å². The van der Waals surface area contributed by atoms with E-state index in [1.54, 1.807) is 0 Å². The Balaban J connectivity index is 2.30. The van der Waals surface area contributed by atoms with Crippen molar-refractivity contribution >= 4 is 5.97 Å². The van der Waals surface area contributed by atoms with Gasteiger partial charge in [-0.2, -0.15) is 0 Å². The average Bonchev–Trinajstić information content (AvgIpc) is 2.63. The monoisotopic (exact) mass is 344 g/mol. The standard InChI is InChI=1S/C15H21FN2O6/c1-8(11(20)21)4-5-9-15(3,23)14(2,16)12(24-9)18-7-6-10(19)17-13(18)22/h6-9,12,23H,4-5H2,1-3H3,(H,20,21)(H,17,19,22)/t8?,9-,12+,14+,15+/m1/s1. The molecule has 1 saturated heterocycles. The van der Waals surface area contributed by atoms with Gasteiger partial charge in [0.2, 0.25) is 0 Å². The maximum Gasteiger partial charge on any atom is 0.330 e. The van der Waals surface area contributed by atoms with Crippen molar-refractivity contribution in [1.82, 2.24) is 9.55 Å². The van der Waals surface area contributed by atoms with Gasteiger partial charge in [0.1, 0.15) is 5.60 Å². The van der Waals surface area contributed by atoms with Crippen LogP contribution in [0.4, 0.5) is 4.39 Å². The zero-order valence-corrected chi connectivity index (χ0v) is 13.7. The van der Waals surface area contributed by atoms with Gasteiger partial charge in [0.15, 0.2) is 11.9 Å². The number of halogens is 1. The van der Waals surface area contributed by atoms with Gasteiger partial charge < -0.3 is 14.9 Å². The molecule has 0 radical (unpaired) electrons. The fourth-order valence-electron chi connectivity index (χ4n) is 2.79. The number of hydrogen-bond donors (Lipinski definition) is 3. The number of aliphatic carboxylic acids is 1. The van der Waals surface area contributed by atoms with Crippen LogP contribution < -0.4 is 11.2 Å². The lowest BCUT2D eigenvalue weighted by Crippen LogP contribution is -2.52. The molecule has 5 atom stereocenters. The molecule has 0 aliphatic carbocycles. The van der Waals surface area contributed by atoms with E-state index in [0.717, 1.165) is 23.8 Å². The molecule has 0 aromatic carbocycles. The third-order valence-electron chi connectivity index (χ3n) is 4.76. The van der Waals surface area contributed by atoms with E-state index in [-0.39, 0.29) is 12.8 Å². The number of ether oxygens (including phenoxy) is 1. The Morgan fingerprint density at radius 3 is 2.67 bits per heavy atom. The topological polar surface area (TPSA) is 122 Å². The van der Waals surface area contributed by atoms with E-state index in [1.165, 1.54) is 13.8 Å². The molecule has 1 aromatic heterocycles. The van der Waals surface area contributed by atoms with Gasteiger partial charge in [0.05, 0.1) is 12.0 Å². The van der Waals surface area contributed by atoms with E-state index >= 15 is 4.39 Å². The van der Waals surface area contributed by atoms with Crippen LogP contribution in [-0.2, 0) is 9.53 Å². The Labute approximate surface area is 136 Å². The van der Waals surface area contributed by atoms with E-state index in [9.17, 15) is 19.5 Å². The number of aliphatic hydroxyl groups is 1. The first-order valence-electron chi connectivity index (χ1n) is 7.59. The summed E-state index contributed by atoms with van der Waals surface area (Å²) in [7, 11) is 0. The van der Waals surface area contributed by atoms with Crippen LogP contribution in [0.1, 0.15) is 39.8 Å². The lowest BCUT2D eigenvalue weighted by Gasteiger charge is -2.33. The molecule has 24 heavy (non-hydrogen) atoms. The fourth-order valence-corrected chi connectivity index (χ4v) is 2.79. The van der Waals surface area contributed by atoms with Gasteiger partial charge in [-0.05, 0) is 26.7 Å². The molecule has 0 saturated carbocycles. The number of carboxylic acids is 1. The molecule has 1 unspecified atom stereocenters. The highest BCUT2D eigenvalue weighted by atomic mass is 19.1. The Hall–Kier alpha value is -2.00. The Kier molecular flexibility index (Phi) is 4.69. The molecule has 0 bridgehead atoms. The lowest BCUT2D eigenvalue weighted by molar-refractivity contribution is -0.141. The Morgan fingerprint density at radius 1 is 1.50 bits per heavy atom. The highest BCUT2D eigenvalue weighted by Crippen LogP contribution is 2.48. The minimum atomic E-state index is -2.33. The summed E-state index contributed by atoms with van der Waals surface area (Å²) in [6.07, 6.45) is -1.06. The summed E-state index contributed by atoms with van der Waals surface area (Å²) in [6, 6.07) is 1.05. The summed E-state index contributed by atoms with van der Waals surface area (Å²) in [5.41, 5.74) is -5.75. The largest absolute Gasteiger partial charge is 0.481 e. The second-order valence-corrected chi connectivity index (χ2v) is 6.53. The van der Waals surface area contributed by atoms with Gasteiger partial charge in [0.25, 0.3) is 5.56 Å². The molecule has 3 N–H and O–H groups in total. The number of carboxylic acid groups (broad SMARTS) is 1. The smallest absolute Gasteiger partial charge is 0.330 e. The van der Waals surface area contributed by atoms with E-state index in [0.29, 0.717) is 0 Å². The van der Waals surface area contributed by atoms with Crippen molar-refractivity contribution < 1.29 is 24.1 Å². The number of nitrogens with zero attached hydrogens (tertiary/aromatic N) is 1. The summed E-state index contributed by atoms with van der Waals surface area (Å²) in [5, 5.41) is 19.5. The van der Waals surface area contributed by atoms with Crippen LogP contribution in [0.25, 0.3) is 0 Å². The number of hydrogen-bond acceptors (Lipinski definition) is 5. The Bertz CT molecular complexity index is 738. The van der Waals surface area contributed by atoms with Gasteiger partial charge in [-0.3, -0.25) is 19.1 Å². The van der Waals surface area contributed by atoms with Crippen LogP contribution in [0, 0.1) is 5.92 Å². The first kappa shape index (κ1) is 18.3. The van der Waals surface area contributed by atoms with Crippen LogP contribution in [0.3, 0.4) is 0 Å². The molecule has 1 fully saturated rings. The summed E-state index contributed by atoms with van der Waals surface area (Å²) >= 11 is 0. The van der Waals surface area contributed by atoms with E-state index in [4.69, 9.17) is 9.84 Å². The normalized spacial score (nSPS) is 34.2. The van der Waals surface area contributed by atoms with Gasteiger partial charge in [-0.15, -0.1) is 0 Å². The van der Waals surface area contributed by atoms with Crippen molar-refractivity contribution in [3.05, 3.63) is 33.1 Å². The quantitative estimate of drug-likeness (QED) is 0.711. The molecule has 1 aliphatic rings. The lowest BCUT2D eigenvalue weighted by atomic mass is 9.82. The summed E-state index contributed by atoms with van der Waals surface area (Å²) < 4.78 is 21.6. The Morgan fingerprint density at radius 2 is 2.12 bits per heavy atom. The summed E-state index contributed by atoms with van der Waals surface area (Å²) in [4.78, 5) is 35.9. The summed E-state index contributed by atoms with van der Waals surface area (Å²) in [5.74, 6) is -1.67. The highest BCUT2D eigenvalue weighted by Gasteiger charge is 2.62. The molecular weight excluding hydrogens is 323 g/mol. The van der Waals surface area contributed by atoms with Crippen LogP contribution in [0.5, 0.6) is 0 Å². The van der Waals surface area contributed by atoms with Gasteiger partial charge in [-0.25, -0.2) is 9.18 Å². The molecule has 0 amide bonds. The van der Waals surface area contributed by atoms with Crippen LogP contribution in [0.15, 0.2) is 21.9 Å². The van der Waals surface area contributed by atoms with Crippen molar-refractivity contribution in [2.24, 2.45) is 5.92 Å². The zero-order chi connectivity index (χ0) is 18.3. The predicted molar refractivity (Wildman–Crippen MR) is 81.4 cm³/mol. The number of aromatic amines is 1. The third-order valence-corrected chi connectivity index (χ3v) is 4.76. The minimum absolute atomic E-state index is 0.106. The molecule has 134 valence electrons. The third kappa shape index (κ3) is 3.01. The van der Waals surface area contributed by atoms with E-state index in [1.807, 2.05) is 4.98 Å². The van der Waals surface area contributed by atoms with Crippen molar-refractivity contribution in [3.8, 4) is 0 Å². The van der Waals surface area contributed by atoms with Crippen LogP contribution in [-0.4, -0.2) is 43.1 Å². The van der Waals surface area contributed by atoms with Gasteiger partial charge in [-0.1, -0.05) is 6.92 Å². The number of rotatable bonds is 5. The predicted octanol–water partition coefficient (Wildman–Crippen LogP) is 0.414. The maximum atomic E-state index is 15.2. The van der Waals surface area contributed by atoms with E-state index < -0.39 is 46.7 Å². The van der Waals surface area contributed by atoms with Gasteiger partial charge in [0, 0.05) is 12.3 Å². The van der Waals surface area contributed by atoms with Crippen LogP contribution >= 0.6 is 0 Å². The van der Waals surface area contributed by atoms with Crippen LogP contribution in [0.2, 0.25) is 0 Å². The molecule has 9 heteroatoms. The molecule has 1 aliphatic heterocycles. The zero-order valence-electron chi connectivity index (χ0n) is 13.7. The molecular formula is C15H21FN2O6. The SMILES string of the molecule is CC(CC[C@H]1O[C@H](n2ccc(=O)[nH]c2=O)[C@](C)(F)[C@@]1(C)O)C(=O)O. The first-order valence-corrected chi connectivity index (χ1v) is 7.59. The highest BCUT2D eigenvalue weighted by molar-refractivity contribution is 5.69. The number of H-pyrrole nitrogens is 1. The van der Waals surface area contributed by atoms with Gasteiger partial charge >= 0.3 is 11.7 Å². The number of alkyl halides is 1. The van der Waals surface area contributed by atoms with Crippen molar-refractivity contribution in [1.29, 1.82) is 0 Å². The van der Waals surface area contributed by atoms with Crippen molar-refractivity contribution in [3.63, 3.8) is 0 Å². The summed E-state index contributed by atoms with van der Waals surface area (Å²) in [6.45, 7) is 3.86. The number of nitrogens with one attached hydrogen (secondary N) is 1. The second kappa shape index (κ2) is 6.14. The fraction of sp³-hybridized carbons (Fsp3) is 0.667. The molecule has 0 spiro atoms. The molecule has 2 rings (SSSR count). The number of carbonyl (C=O) groups is 1. The molecule has 8 nitrogen and oxygen atoms in total. The first-order chi connectivity index (χ1) is 11.0. The molecule has 1 aromatic rings. The van der Waals surface area contributed by atoms with Crippen molar-refractivity contribution in [2.45, 2.75) is 57.2 Å². The number of aromatic nitrogens is 2. The molecule has 2 heterocycles. The minimum Gasteiger partial charge on any atom is -0.481 e.